The molecule has 0 aliphatic heterocycles. The monoisotopic (exact) mass is 231 g/mol. The van der Waals surface area contributed by atoms with Gasteiger partial charge in [-0.2, -0.15) is 0 Å². The Bertz CT molecular complexity index is 243. The molecule has 4 nitrogen and oxygen atoms in total. The Morgan fingerprint density at radius 3 is 2.13 bits per heavy atom. The minimum atomic E-state index is -0.0514. The summed E-state index contributed by atoms with van der Waals surface area (Å²) in [5, 5.41) is 0. The maximum Gasteiger partial charge on any atom is 0.236 e. The number of likely N-dealkylation sites (N-methyl/N-ethyl adjacent to an activating group) is 2. The van der Waals surface area contributed by atoms with Crippen molar-refractivity contribution in [2.75, 3.05) is 20.6 Å². The Labute approximate surface area is 97.4 Å². The van der Waals surface area contributed by atoms with Gasteiger partial charge in [0.1, 0.15) is 0 Å². The van der Waals surface area contributed by atoms with Crippen LogP contribution in [0.25, 0.3) is 0 Å². The zero-order chi connectivity index (χ0) is 12.2. The van der Waals surface area contributed by atoms with Crippen molar-refractivity contribution in [3.63, 3.8) is 0 Å². The third-order valence-corrected chi connectivity index (χ3v) is 2.97. The summed E-state index contributed by atoms with van der Waals surface area (Å²) >= 11 is 4.88. The van der Waals surface area contributed by atoms with Crippen molar-refractivity contribution in [3.8, 4) is 0 Å². The zero-order valence-electron chi connectivity index (χ0n) is 10.2. The van der Waals surface area contributed by atoms with Gasteiger partial charge in [0.25, 0.3) is 0 Å². The maximum absolute atomic E-state index is 11.7. The van der Waals surface area contributed by atoms with E-state index in [0.29, 0.717) is 11.5 Å². The molecule has 0 spiro atoms. The van der Waals surface area contributed by atoms with Crippen molar-refractivity contribution in [2.45, 2.75) is 32.9 Å². The Hall–Kier alpha value is -0.680. The molecule has 1 amide bonds. The predicted molar refractivity (Wildman–Crippen MR) is 66.8 cm³/mol. The first-order valence-corrected chi connectivity index (χ1v) is 5.43. The highest BCUT2D eigenvalue weighted by atomic mass is 32.1. The van der Waals surface area contributed by atoms with Crippen LogP contribution in [0, 0.1) is 0 Å². The molecule has 0 radical (unpaired) electrons. The van der Waals surface area contributed by atoms with Gasteiger partial charge >= 0.3 is 0 Å². The highest BCUT2D eigenvalue weighted by Crippen LogP contribution is 2.00. The molecule has 15 heavy (non-hydrogen) atoms. The van der Waals surface area contributed by atoms with Crippen LogP contribution in [0.1, 0.15) is 20.8 Å². The molecule has 0 aromatic carbocycles. The van der Waals surface area contributed by atoms with Crippen molar-refractivity contribution in [2.24, 2.45) is 5.73 Å². The van der Waals surface area contributed by atoms with Crippen LogP contribution < -0.4 is 5.73 Å². The fourth-order valence-corrected chi connectivity index (χ4v) is 1.15. The second-order valence-electron chi connectivity index (χ2n) is 4.09. The molecular formula is C10H21N3OS. The normalized spacial score (nSPS) is 13.0. The molecule has 0 saturated carbocycles. The first kappa shape index (κ1) is 14.3. The van der Waals surface area contributed by atoms with Crippen LogP contribution in [-0.2, 0) is 4.79 Å². The molecule has 0 aliphatic carbocycles. The number of rotatable bonds is 5. The predicted octanol–water partition coefficient (Wildman–Crippen LogP) is 0.460. The van der Waals surface area contributed by atoms with E-state index in [0.717, 1.165) is 0 Å². The van der Waals surface area contributed by atoms with Gasteiger partial charge in [-0.3, -0.25) is 9.69 Å². The highest BCUT2D eigenvalue weighted by molar-refractivity contribution is 7.80. The standard InChI is InChI=1S/C10H21N3OS/c1-7(2)13(5)9(14)6-12(4)8(3)10(11)15/h7-8H,6H2,1-5H3,(H2,11,15). The Morgan fingerprint density at radius 1 is 1.33 bits per heavy atom. The van der Waals surface area contributed by atoms with Crippen molar-refractivity contribution < 1.29 is 4.79 Å². The lowest BCUT2D eigenvalue weighted by Crippen LogP contribution is -2.46. The molecular weight excluding hydrogens is 210 g/mol. The highest BCUT2D eigenvalue weighted by Gasteiger charge is 2.18. The third-order valence-electron chi connectivity index (χ3n) is 2.63. The van der Waals surface area contributed by atoms with Gasteiger partial charge in [-0.1, -0.05) is 12.2 Å². The van der Waals surface area contributed by atoms with E-state index in [1.807, 2.05) is 32.7 Å². The topological polar surface area (TPSA) is 49.6 Å². The Kier molecular flexibility index (Phi) is 5.75. The second-order valence-corrected chi connectivity index (χ2v) is 4.56. The van der Waals surface area contributed by atoms with E-state index in [-0.39, 0.29) is 18.0 Å². The summed E-state index contributed by atoms with van der Waals surface area (Å²) < 4.78 is 0. The van der Waals surface area contributed by atoms with Gasteiger partial charge in [-0.15, -0.1) is 0 Å². The molecule has 0 aromatic heterocycles. The summed E-state index contributed by atoms with van der Waals surface area (Å²) in [6.07, 6.45) is 0. The summed E-state index contributed by atoms with van der Waals surface area (Å²) in [4.78, 5) is 15.7. The van der Waals surface area contributed by atoms with E-state index in [1.54, 1.807) is 11.9 Å². The van der Waals surface area contributed by atoms with E-state index < -0.39 is 0 Å². The number of hydrogen-bond donors (Lipinski definition) is 1. The molecule has 0 fully saturated rings. The SMILES string of the molecule is CC(C(N)=S)N(C)CC(=O)N(C)C(C)C. The van der Waals surface area contributed by atoms with Gasteiger partial charge in [0, 0.05) is 13.1 Å². The van der Waals surface area contributed by atoms with Gasteiger partial charge in [-0.25, -0.2) is 0 Å². The van der Waals surface area contributed by atoms with Gasteiger partial charge in [0.15, 0.2) is 0 Å². The van der Waals surface area contributed by atoms with Crippen LogP contribution in [0.15, 0.2) is 0 Å². The van der Waals surface area contributed by atoms with Gasteiger partial charge < -0.3 is 10.6 Å². The molecule has 0 aromatic rings. The lowest BCUT2D eigenvalue weighted by Gasteiger charge is -2.27. The fraction of sp³-hybridized carbons (Fsp3) is 0.800. The lowest BCUT2D eigenvalue weighted by molar-refractivity contribution is -0.132. The Morgan fingerprint density at radius 2 is 1.80 bits per heavy atom. The second kappa shape index (κ2) is 6.02. The number of carbonyl (C=O) groups excluding carboxylic acids is 1. The summed E-state index contributed by atoms with van der Waals surface area (Å²) in [6, 6.07) is 0.163. The maximum atomic E-state index is 11.7. The Balaban J connectivity index is 4.24. The van der Waals surface area contributed by atoms with Crippen LogP contribution in [0.3, 0.4) is 0 Å². The molecule has 0 saturated heterocycles. The molecule has 0 rings (SSSR count). The number of amides is 1. The molecule has 5 heteroatoms. The van der Waals surface area contributed by atoms with E-state index >= 15 is 0 Å². The molecule has 1 unspecified atom stereocenters. The minimum absolute atomic E-state index is 0.0514. The molecule has 88 valence electrons. The number of hydrogen-bond acceptors (Lipinski definition) is 3. The van der Waals surface area contributed by atoms with Crippen molar-refractivity contribution in [1.29, 1.82) is 0 Å². The van der Waals surface area contributed by atoms with Crippen LogP contribution in [-0.4, -0.2) is 53.4 Å². The van der Waals surface area contributed by atoms with Crippen LogP contribution >= 0.6 is 12.2 Å². The lowest BCUT2D eigenvalue weighted by atomic mass is 10.3. The quantitative estimate of drug-likeness (QED) is 0.698. The van der Waals surface area contributed by atoms with Crippen molar-refractivity contribution in [1.82, 2.24) is 9.80 Å². The average Bonchev–Trinajstić information content (AvgIpc) is 2.14. The number of carbonyl (C=O) groups is 1. The molecule has 0 heterocycles. The average molecular weight is 231 g/mol. The fourth-order valence-electron chi connectivity index (χ4n) is 0.967. The van der Waals surface area contributed by atoms with Crippen LogP contribution in [0.4, 0.5) is 0 Å². The summed E-state index contributed by atoms with van der Waals surface area (Å²) in [5.74, 6) is 0.0793. The molecule has 2 N–H and O–H groups in total. The van der Waals surface area contributed by atoms with E-state index in [4.69, 9.17) is 18.0 Å². The molecule has 0 aliphatic rings. The summed E-state index contributed by atoms with van der Waals surface area (Å²) in [7, 11) is 3.64. The van der Waals surface area contributed by atoms with Gasteiger partial charge in [0.2, 0.25) is 5.91 Å². The largest absolute Gasteiger partial charge is 0.392 e. The van der Waals surface area contributed by atoms with Crippen molar-refractivity contribution in [3.05, 3.63) is 0 Å². The van der Waals surface area contributed by atoms with Gasteiger partial charge in [0.05, 0.1) is 17.6 Å². The first-order valence-electron chi connectivity index (χ1n) is 5.02. The number of nitrogens with two attached hydrogens (primary N) is 1. The molecule has 0 bridgehead atoms. The third kappa shape index (κ3) is 4.57. The number of thiocarbonyl (C=S) groups is 1. The zero-order valence-corrected chi connectivity index (χ0v) is 11.0. The minimum Gasteiger partial charge on any atom is -0.392 e. The molecule has 1 atom stereocenters. The van der Waals surface area contributed by atoms with Gasteiger partial charge in [-0.05, 0) is 27.8 Å². The van der Waals surface area contributed by atoms with E-state index in [9.17, 15) is 4.79 Å². The summed E-state index contributed by atoms with van der Waals surface area (Å²) in [5.41, 5.74) is 5.51. The first-order chi connectivity index (χ1) is 6.77. The van der Waals surface area contributed by atoms with Crippen LogP contribution in [0.5, 0.6) is 0 Å². The smallest absolute Gasteiger partial charge is 0.236 e. The summed E-state index contributed by atoms with van der Waals surface area (Å²) in [6.45, 7) is 6.20. The van der Waals surface area contributed by atoms with E-state index in [2.05, 4.69) is 0 Å². The van der Waals surface area contributed by atoms with Crippen molar-refractivity contribution >= 4 is 23.1 Å². The van der Waals surface area contributed by atoms with Crippen LogP contribution in [0.2, 0.25) is 0 Å². The van der Waals surface area contributed by atoms with E-state index in [1.165, 1.54) is 0 Å². The number of nitrogens with zero attached hydrogens (tertiary/aromatic N) is 2.